The number of amides is 2. The van der Waals surface area contributed by atoms with Gasteiger partial charge < -0.3 is 20.1 Å². The Labute approximate surface area is 206 Å². The van der Waals surface area contributed by atoms with Crippen LogP contribution in [-0.4, -0.2) is 43.9 Å². The average molecular weight is 481 g/mol. The molecule has 1 atom stereocenters. The van der Waals surface area contributed by atoms with Crippen LogP contribution < -0.4 is 21.1 Å². The second-order valence-electron chi connectivity index (χ2n) is 8.90. The number of hydrogen-bond acceptors (Lipinski definition) is 6. The maximum Gasteiger partial charge on any atom is 0.319 e. The van der Waals surface area contributed by atoms with Gasteiger partial charge in [-0.15, -0.1) is 0 Å². The Morgan fingerprint density at radius 2 is 2.03 bits per heavy atom. The fourth-order valence-corrected chi connectivity index (χ4v) is 4.86. The maximum atomic E-state index is 12.6. The van der Waals surface area contributed by atoms with E-state index in [1.165, 1.54) is 10.1 Å². The van der Waals surface area contributed by atoms with Gasteiger partial charge >= 0.3 is 6.03 Å². The summed E-state index contributed by atoms with van der Waals surface area (Å²) in [7, 11) is 1.71. The molecule has 0 spiro atoms. The molecule has 6 rings (SSSR count). The fraction of sp³-hybridized carbons (Fsp3) is 0.192. The van der Waals surface area contributed by atoms with Crippen molar-refractivity contribution in [2.45, 2.75) is 12.3 Å². The molecule has 4 heterocycles. The first-order valence-electron chi connectivity index (χ1n) is 11.7. The lowest BCUT2D eigenvalue weighted by molar-refractivity contribution is 0.252. The van der Waals surface area contributed by atoms with Gasteiger partial charge in [0.25, 0.3) is 5.56 Å². The first-order valence-corrected chi connectivity index (χ1v) is 11.7. The van der Waals surface area contributed by atoms with Gasteiger partial charge in [0.1, 0.15) is 12.1 Å². The molecule has 36 heavy (non-hydrogen) atoms. The standard InChI is InChI=1S/C26H24N8O2/c1-33-11-9-16-6-7-18(12-20(16)25(33)35)31-26(36)27-10-8-17-14-34(22-5-3-2-4-19(17)22)24-21-13-30-32-23(21)28-15-29-24/h2-7,9,11-13,15,17H,8,10,14H2,1H3,(H2,27,31,36)(H,28,29,30,32). The predicted molar refractivity (Wildman–Crippen MR) is 139 cm³/mol. The van der Waals surface area contributed by atoms with Gasteiger partial charge in [0.15, 0.2) is 5.65 Å². The van der Waals surface area contributed by atoms with Gasteiger partial charge in [-0.25, -0.2) is 14.8 Å². The lowest BCUT2D eigenvalue weighted by atomic mass is 9.98. The molecule has 0 aliphatic carbocycles. The van der Waals surface area contributed by atoms with Crippen LogP contribution >= 0.6 is 0 Å². The molecule has 3 N–H and O–H groups in total. The van der Waals surface area contributed by atoms with Gasteiger partial charge in [0.05, 0.1) is 11.6 Å². The molecule has 0 radical (unpaired) electrons. The number of aryl methyl sites for hydroxylation is 1. The van der Waals surface area contributed by atoms with Crippen molar-refractivity contribution in [2.24, 2.45) is 7.05 Å². The highest BCUT2D eigenvalue weighted by Gasteiger charge is 2.30. The first kappa shape index (κ1) is 21.8. The number of pyridine rings is 1. The van der Waals surface area contributed by atoms with Crippen LogP contribution in [0.2, 0.25) is 0 Å². The number of nitrogens with one attached hydrogen (secondary N) is 3. The van der Waals surface area contributed by atoms with E-state index in [4.69, 9.17) is 0 Å². The highest BCUT2D eigenvalue weighted by atomic mass is 16.2. The zero-order valence-corrected chi connectivity index (χ0v) is 19.6. The molecule has 0 saturated heterocycles. The minimum Gasteiger partial charge on any atom is -0.338 e. The second kappa shape index (κ2) is 8.81. The molecular formula is C26H24N8O2. The molecular weight excluding hydrogens is 456 g/mol. The van der Waals surface area contributed by atoms with Gasteiger partial charge in [-0.2, -0.15) is 5.10 Å². The van der Waals surface area contributed by atoms with Crippen LogP contribution in [0, 0.1) is 0 Å². The average Bonchev–Trinajstić information content (AvgIpc) is 3.52. The van der Waals surface area contributed by atoms with E-state index in [1.807, 2.05) is 24.3 Å². The molecule has 1 unspecified atom stereocenters. The van der Waals surface area contributed by atoms with Gasteiger partial charge in [0, 0.05) is 49.0 Å². The third kappa shape index (κ3) is 3.82. The van der Waals surface area contributed by atoms with E-state index in [0.717, 1.165) is 35.2 Å². The molecule has 0 fully saturated rings. The van der Waals surface area contributed by atoms with Crippen molar-refractivity contribution in [1.82, 2.24) is 30.0 Å². The van der Waals surface area contributed by atoms with Crippen molar-refractivity contribution in [1.29, 1.82) is 0 Å². The maximum absolute atomic E-state index is 12.6. The Morgan fingerprint density at radius 1 is 1.14 bits per heavy atom. The lowest BCUT2D eigenvalue weighted by Gasteiger charge is -2.19. The third-order valence-electron chi connectivity index (χ3n) is 6.67. The van der Waals surface area contributed by atoms with Crippen LogP contribution in [-0.2, 0) is 7.05 Å². The Kier molecular flexibility index (Phi) is 5.33. The minimum absolute atomic E-state index is 0.0996. The number of urea groups is 1. The number of aromatic amines is 1. The van der Waals surface area contributed by atoms with E-state index in [1.54, 1.807) is 37.9 Å². The van der Waals surface area contributed by atoms with E-state index in [-0.39, 0.29) is 17.5 Å². The summed E-state index contributed by atoms with van der Waals surface area (Å²) < 4.78 is 1.52. The van der Waals surface area contributed by atoms with Gasteiger partial charge in [-0.05, 0) is 41.6 Å². The van der Waals surface area contributed by atoms with E-state index in [2.05, 4.69) is 47.8 Å². The van der Waals surface area contributed by atoms with E-state index in [9.17, 15) is 9.59 Å². The topological polar surface area (TPSA) is 121 Å². The Hall–Kier alpha value is -4.73. The van der Waals surface area contributed by atoms with Crippen molar-refractivity contribution >= 4 is 45.0 Å². The van der Waals surface area contributed by atoms with Crippen LogP contribution in [0.3, 0.4) is 0 Å². The number of aromatic nitrogens is 5. The number of nitrogens with zero attached hydrogens (tertiary/aromatic N) is 5. The number of carbonyl (C=O) groups excluding carboxylic acids is 1. The number of anilines is 3. The highest BCUT2D eigenvalue weighted by Crippen LogP contribution is 2.42. The Bertz CT molecular complexity index is 1660. The number of para-hydroxylation sites is 1. The smallest absolute Gasteiger partial charge is 0.319 e. The number of benzene rings is 2. The molecule has 3 aromatic heterocycles. The lowest BCUT2D eigenvalue weighted by Crippen LogP contribution is -2.30. The molecule has 0 saturated carbocycles. The van der Waals surface area contributed by atoms with E-state index >= 15 is 0 Å². The van der Waals surface area contributed by atoms with Crippen LogP contribution in [0.4, 0.5) is 22.0 Å². The van der Waals surface area contributed by atoms with E-state index < -0.39 is 0 Å². The molecule has 2 aromatic carbocycles. The van der Waals surface area contributed by atoms with Gasteiger partial charge in [-0.3, -0.25) is 9.89 Å². The monoisotopic (exact) mass is 480 g/mol. The van der Waals surface area contributed by atoms with Crippen molar-refractivity contribution in [3.63, 3.8) is 0 Å². The summed E-state index contributed by atoms with van der Waals surface area (Å²) in [4.78, 5) is 35.9. The summed E-state index contributed by atoms with van der Waals surface area (Å²) in [5.74, 6) is 1.04. The number of carbonyl (C=O) groups is 1. The fourth-order valence-electron chi connectivity index (χ4n) is 4.86. The zero-order valence-electron chi connectivity index (χ0n) is 19.6. The molecule has 0 bridgehead atoms. The van der Waals surface area contributed by atoms with Crippen LogP contribution in [0.5, 0.6) is 0 Å². The summed E-state index contributed by atoms with van der Waals surface area (Å²) in [5.41, 5.74) is 3.50. The molecule has 10 nitrogen and oxygen atoms in total. The third-order valence-corrected chi connectivity index (χ3v) is 6.67. The van der Waals surface area contributed by atoms with Crippen LogP contribution in [0.1, 0.15) is 17.9 Å². The van der Waals surface area contributed by atoms with Crippen molar-refractivity contribution in [3.05, 3.63) is 83.2 Å². The Morgan fingerprint density at radius 3 is 2.94 bits per heavy atom. The number of H-pyrrole nitrogens is 1. The van der Waals surface area contributed by atoms with E-state index in [0.29, 0.717) is 23.3 Å². The van der Waals surface area contributed by atoms with Crippen molar-refractivity contribution in [2.75, 3.05) is 23.3 Å². The van der Waals surface area contributed by atoms with Crippen molar-refractivity contribution in [3.8, 4) is 0 Å². The predicted octanol–water partition coefficient (Wildman–Crippen LogP) is 3.65. The molecule has 1 aliphatic heterocycles. The van der Waals surface area contributed by atoms with Gasteiger partial charge in [-0.1, -0.05) is 24.3 Å². The molecule has 2 amide bonds. The molecule has 5 aromatic rings. The molecule has 1 aliphatic rings. The van der Waals surface area contributed by atoms with Crippen LogP contribution in [0.15, 0.2) is 72.0 Å². The summed E-state index contributed by atoms with van der Waals surface area (Å²) >= 11 is 0. The van der Waals surface area contributed by atoms with Gasteiger partial charge in [0.2, 0.25) is 0 Å². The summed E-state index contributed by atoms with van der Waals surface area (Å²) in [6.07, 6.45) is 5.78. The SMILES string of the molecule is Cn1ccc2ccc(NC(=O)NCCC3CN(c4ncnc5[nH]ncc45)c4ccccc43)cc2c1=O. The zero-order chi connectivity index (χ0) is 24.6. The highest BCUT2D eigenvalue weighted by molar-refractivity contribution is 5.93. The minimum atomic E-state index is -0.304. The second-order valence-corrected chi connectivity index (χ2v) is 8.90. The number of rotatable bonds is 5. The number of fused-ring (bicyclic) bond motifs is 3. The largest absolute Gasteiger partial charge is 0.338 e. The number of hydrogen-bond donors (Lipinski definition) is 3. The normalized spacial score (nSPS) is 14.8. The molecule has 180 valence electrons. The van der Waals surface area contributed by atoms with Crippen LogP contribution in [0.25, 0.3) is 21.8 Å². The quantitative estimate of drug-likeness (QED) is 0.353. The summed E-state index contributed by atoms with van der Waals surface area (Å²) in [6.45, 7) is 1.24. The Balaban J connectivity index is 1.13. The first-order chi connectivity index (χ1) is 17.6. The summed E-state index contributed by atoms with van der Waals surface area (Å²) in [5, 5.41) is 15.1. The van der Waals surface area contributed by atoms with Crippen molar-refractivity contribution < 1.29 is 4.79 Å². The molecule has 10 heteroatoms. The summed E-state index contributed by atoms with van der Waals surface area (Å²) in [6, 6.07) is 15.2.